The molecule has 2 atom stereocenters. The van der Waals surface area contributed by atoms with Gasteiger partial charge in [-0.3, -0.25) is 9.69 Å². The molecule has 0 spiro atoms. The van der Waals surface area contributed by atoms with E-state index in [9.17, 15) is 4.79 Å². The zero-order valence-electron chi connectivity index (χ0n) is 21.4. The van der Waals surface area contributed by atoms with Gasteiger partial charge < -0.3 is 9.88 Å². The van der Waals surface area contributed by atoms with E-state index in [0.717, 1.165) is 23.1 Å². The van der Waals surface area contributed by atoms with Gasteiger partial charge in [0.25, 0.3) is 0 Å². The van der Waals surface area contributed by atoms with E-state index in [1.807, 2.05) is 37.3 Å². The molecule has 2 unspecified atom stereocenters. The summed E-state index contributed by atoms with van der Waals surface area (Å²) >= 11 is 1.44. The van der Waals surface area contributed by atoms with Crippen LogP contribution in [-0.4, -0.2) is 44.9 Å². The van der Waals surface area contributed by atoms with E-state index >= 15 is 0 Å². The largest absolute Gasteiger partial charge is 0.325 e. The van der Waals surface area contributed by atoms with E-state index in [2.05, 4.69) is 91.0 Å². The third kappa shape index (κ3) is 6.48. The maximum Gasteiger partial charge on any atom is 0.237 e. The highest BCUT2D eigenvalue weighted by Gasteiger charge is 2.25. The van der Waals surface area contributed by atoms with Crippen molar-refractivity contribution < 1.29 is 4.79 Å². The van der Waals surface area contributed by atoms with E-state index < -0.39 is 0 Å². The summed E-state index contributed by atoms with van der Waals surface area (Å²) in [5.41, 5.74) is 3.29. The standard InChI is InChI=1S/C27H37N5OS/c1-8-23(31(6)7)24-29-30-26(32(24)18-20-12-10-9-11-13-20)34-19(2)25(33)28-22-16-14-21(15-17-22)27(3,4)5/h9-17,19,23H,8,18H2,1-7H3,(H,28,33). The minimum atomic E-state index is -0.326. The van der Waals surface area contributed by atoms with Crippen LogP contribution in [0.4, 0.5) is 5.69 Å². The molecule has 1 amide bonds. The van der Waals surface area contributed by atoms with Crippen molar-refractivity contribution in [3.63, 3.8) is 0 Å². The first-order chi connectivity index (χ1) is 16.1. The number of nitrogens with zero attached hydrogens (tertiary/aromatic N) is 4. The average molecular weight is 480 g/mol. The Morgan fingerprint density at radius 1 is 1.06 bits per heavy atom. The van der Waals surface area contributed by atoms with Gasteiger partial charge in [-0.25, -0.2) is 0 Å². The van der Waals surface area contributed by atoms with Crippen molar-refractivity contribution in [3.8, 4) is 0 Å². The lowest BCUT2D eigenvalue weighted by molar-refractivity contribution is -0.115. The van der Waals surface area contributed by atoms with E-state index in [4.69, 9.17) is 0 Å². The molecule has 0 aliphatic carbocycles. The molecule has 0 bridgehead atoms. The monoisotopic (exact) mass is 479 g/mol. The Bertz CT molecular complexity index is 1070. The lowest BCUT2D eigenvalue weighted by Crippen LogP contribution is -2.25. The minimum absolute atomic E-state index is 0.0519. The van der Waals surface area contributed by atoms with Crippen LogP contribution in [0.1, 0.15) is 64.0 Å². The topological polar surface area (TPSA) is 63.1 Å². The number of aromatic nitrogens is 3. The number of carbonyl (C=O) groups excluding carboxylic acids is 1. The van der Waals surface area contributed by atoms with Crippen molar-refractivity contribution in [1.29, 1.82) is 0 Å². The average Bonchev–Trinajstić information content (AvgIpc) is 3.16. The lowest BCUT2D eigenvalue weighted by Gasteiger charge is -2.23. The summed E-state index contributed by atoms with van der Waals surface area (Å²) in [6.45, 7) is 11.3. The molecule has 0 radical (unpaired) electrons. The van der Waals surface area contributed by atoms with Crippen molar-refractivity contribution in [2.75, 3.05) is 19.4 Å². The third-order valence-electron chi connectivity index (χ3n) is 5.91. The van der Waals surface area contributed by atoms with Gasteiger partial charge in [-0.2, -0.15) is 0 Å². The van der Waals surface area contributed by atoms with E-state index in [-0.39, 0.29) is 22.6 Å². The highest BCUT2D eigenvalue weighted by Crippen LogP contribution is 2.29. The van der Waals surface area contributed by atoms with Gasteiger partial charge in [-0.1, -0.05) is 81.9 Å². The molecule has 34 heavy (non-hydrogen) atoms. The lowest BCUT2D eigenvalue weighted by atomic mass is 9.87. The molecule has 0 fully saturated rings. The number of thioether (sulfide) groups is 1. The Morgan fingerprint density at radius 2 is 1.71 bits per heavy atom. The second kappa shape index (κ2) is 11.2. The van der Waals surface area contributed by atoms with E-state index in [0.29, 0.717) is 6.54 Å². The summed E-state index contributed by atoms with van der Waals surface area (Å²) in [7, 11) is 4.12. The molecule has 0 aliphatic rings. The molecule has 1 heterocycles. The van der Waals surface area contributed by atoms with Gasteiger partial charge in [0.05, 0.1) is 17.8 Å². The van der Waals surface area contributed by atoms with Gasteiger partial charge in [0.1, 0.15) is 0 Å². The van der Waals surface area contributed by atoms with Crippen LogP contribution in [0.15, 0.2) is 59.8 Å². The van der Waals surface area contributed by atoms with Crippen LogP contribution in [0.5, 0.6) is 0 Å². The number of carbonyl (C=O) groups is 1. The Kier molecular flexibility index (Phi) is 8.55. The maximum atomic E-state index is 13.0. The Morgan fingerprint density at radius 3 is 2.26 bits per heavy atom. The predicted octanol–water partition coefficient (Wildman–Crippen LogP) is 5.76. The number of hydrogen-bond donors (Lipinski definition) is 1. The molecule has 1 aromatic heterocycles. The molecule has 0 saturated heterocycles. The SMILES string of the molecule is CCC(c1nnc(SC(C)C(=O)Nc2ccc(C(C)(C)C)cc2)n1Cc1ccccc1)N(C)C. The number of hydrogen-bond acceptors (Lipinski definition) is 5. The zero-order chi connectivity index (χ0) is 24.9. The molecule has 0 saturated carbocycles. The van der Waals surface area contributed by atoms with Gasteiger partial charge in [0.15, 0.2) is 11.0 Å². The molecule has 0 aliphatic heterocycles. The molecule has 3 aromatic rings. The van der Waals surface area contributed by atoms with Crippen molar-refractivity contribution in [2.45, 2.75) is 69.4 Å². The van der Waals surface area contributed by atoms with Crippen LogP contribution in [0, 0.1) is 0 Å². The number of amides is 1. The summed E-state index contributed by atoms with van der Waals surface area (Å²) < 4.78 is 2.15. The van der Waals surface area contributed by atoms with Crippen LogP contribution in [-0.2, 0) is 16.8 Å². The summed E-state index contributed by atoms with van der Waals surface area (Å²) in [5, 5.41) is 12.5. The smallest absolute Gasteiger partial charge is 0.237 e. The molecule has 2 aromatic carbocycles. The second-order valence-electron chi connectivity index (χ2n) is 9.88. The molecule has 3 rings (SSSR count). The van der Waals surface area contributed by atoms with Gasteiger partial charge in [-0.05, 0) is 56.1 Å². The molecule has 7 heteroatoms. The van der Waals surface area contributed by atoms with Crippen LogP contribution >= 0.6 is 11.8 Å². The summed E-state index contributed by atoms with van der Waals surface area (Å²) in [5.74, 6) is 0.869. The Labute approximate surface area is 208 Å². The highest BCUT2D eigenvalue weighted by atomic mass is 32.2. The first kappa shape index (κ1) is 26.0. The van der Waals surface area contributed by atoms with Crippen molar-refractivity contribution in [3.05, 3.63) is 71.5 Å². The third-order valence-corrected chi connectivity index (χ3v) is 6.99. The molecular weight excluding hydrogens is 442 g/mol. The van der Waals surface area contributed by atoms with E-state index in [1.165, 1.54) is 22.9 Å². The maximum absolute atomic E-state index is 13.0. The summed E-state index contributed by atoms with van der Waals surface area (Å²) in [4.78, 5) is 15.1. The molecule has 182 valence electrons. The summed E-state index contributed by atoms with van der Waals surface area (Å²) in [6.07, 6.45) is 0.922. The fourth-order valence-corrected chi connectivity index (χ4v) is 4.69. The molecule has 6 nitrogen and oxygen atoms in total. The normalized spacial score (nSPS) is 13.6. The van der Waals surface area contributed by atoms with Crippen LogP contribution in [0.3, 0.4) is 0 Å². The van der Waals surface area contributed by atoms with Gasteiger partial charge >= 0.3 is 0 Å². The molecular formula is C27H37N5OS. The van der Waals surface area contributed by atoms with Gasteiger partial charge in [0, 0.05) is 5.69 Å². The zero-order valence-corrected chi connectivity index (χ0v) is 22.2. The first-order valence-electron chi connectivity index (χ1n) is 11.8. The van der Waals surface area contributed by atoms with Gasteiger partial charge in [-0.15, -0.1) is 10.2 Å². The van der Waals surface area contributed by atoms with E-state index in [1.54, 1.807) is 0 Å². The summed E-state index contributed by atoms with van der Waals surface area (Å²) in [6, 6.07) is 18.5. The quantitative estimate of drug-likeness (QED) is 0.396. The fourth-order valence-electron chi connectivity index (χ4n) is 3.84. The van der Waals surface area contributed by atoms with Crippen LogP contribution < -0.4 is 5.32 Å². The fraction of sp³-hybridized carbons (Fsp3) is 0.444. The number of anilines is 1. The number of benzene rings is 2. The minimum Gasteiger partial charge on any atom is -0.325 e. The Balaban J connectivity index is 1.79. The predicted molar refractivity (Wildman–Crippen MR) is 141 cm³/mol. The first-order valence-corrected chi connectivity index (χ1v) is 12.7. The van der Waals surface area contributed by atoms with Crippen LogP contribution in [0.25, 0.3) is 0 Å². The molecule has 1 N–H and O–H groups in total. The number of nitrogens with one attached hydrogen (secondary N) is 1. The van der Waals surface area contributed by atoms with Crippen LogP contribution in [0.2, 0.25) is 0 Å². The van der Waals surface area contributed by atoms with Crippen molar-refractivity contribution in [2.24, 2.45) is 0 Å². The van der Waals surface area contributed by atoms with Crippen molar-refractivity contribution in [1.82, 2.24) is 19.7 Å². The number of rotatable bonds is 9. The highest BCUT2D eigenvalue weighted by molar-refractivity contribution is 8.00. The Hall–Kier alpha value is -2.64. The second-order valence-corrected chi connectivity index (χ2v) is 11.2. The van der Waals surface area contributed by atoms with Gasteiger partial charge in [0.2, 0.25) is 5.91 Å². The van der Waals surface area contributed by atoms with Crippen molar-refractivity contribution >= 4 is 23.4 Å².